The number of rotatable bonds is 5. The number of Topliss-reactive ketones (excluding diaryl/α,β-unsaturated/α-hetero) is 1. The van der Waals surface area contributed by atoms with Crippen molar-refractivity contribution in [1.82, 2.24) is 0 Å². The lowest BCUT2D eigenvalue weighted by atomic mass is 10.1. The van der Waals surface area contributed by atoms with Gasteiger partial charge in [-0.2, -0.15) is 13.2 Å². The van der Waals surface area contributed by atoms with Crippen LogP contribution in [-0.4, -0.2) is 26.3 Å². The molecule has 0 spiro atoms. The first-order chi connectivity index (χ1) is 12.0. The van der Waals surface area contributed by atoms with E-state index in [0.29, 0.717) is 5.56 Å². The van der Waals surface area contributed by atoms with E-state index in [1.807, 2.05) is 0 Å². The first-order valence-electron chi connectivity index (χ1n) is 7.11. The highest BCUT2D eigenvalue weighted by atomic mass is 32.2. The molecule has 0 bridgehead atoms. The van der Waals surface area contributed by atoms with Crippen molar-refractivity contribution in [3.8, 4) is 0 Å². The zero-order valence-electron chi connectivity index (χ0n) is 13.3. The predicted molar refractivity (Wildman–Crippen MR) is 88.4 cm³/mol. The molecule has 1 amide bonds. The Bertz CT molecular complexity index is 939. The SMILES string of the molecule is CC(=O)c1cccc(NS(=O)(=O)c2ccc(NC(=O)C(F)(F)F)cc2)c1. The van der Waals surface area contributed by atoms with Gasteiger partial charge in [-0.25, -0.2) is 8.42 Å². The van der Waals surface area contributed by atoms with Gasteiger partial charge in [0, 0.05) is 16.9 Å². The summed E-state index contributed by atoms with van der Waals surface area (Å²) in [5.41, 5.74) is 0.271. The second-order valence-electron chi connectivity index (χ2n) is 5.22. The molecule has 0 aliphatic heterocycles. The Morgan fingerprint density at radius 3 is 2.12 bits per heavy atom. The third-order valence-corrected chi connectivity index (χ3v) is 4.60. The Hall–Kier alpha value is -2.88. The Morgan fingerprint density at radius 2 is 1.58 bits per heavy atom. The van der Waals surface area contributed by atoms with Crippen LogP contribution in [0.5, 0.6) is 0 Å². The highest BCUT2D eigenvalue weighted by Crippen LogP contribution is 2.21. The van der Waals surface area contributed by atoms with E-state index >= 15 is 0 Å². The molecule has 0 fully saturated rings. The Labute approximate surface area is 147 Å². The molecule has 0 saturated carbocycles. The van der Waals surface area contributed by atoms with E-state index in [4.69, 9.17) is 0 Å². The van der Waals surface area contributed by atoms with Gasteiger partial charge < -0.3 is 5.32 Å². The summed E-state index contributed by atoms with van der Waals surface area (Å²) in [5, 5.41) is 1.61. The van der Waals surface area contributed by atoms with Crippen LogP contribution in [0.25, 0.3) is 0 Å². The number of sulfonamides is 1. The fourth-order valence-corrected chi connectivity index (χ4v) is 2.98. The van der Waals surface area contributed by atoms with Crippen LogP contribution in [0.15, 0.2) is 53.4 Å². The number of hydrogen-bond donors (Lipinski definition) is 2. The van der Waals surface area contributed by atoms with Gasteiger partial charge in [-0.05, 0) is 43.3 Å². The maximum atomic E-state index is 12.3. The number of ketones is 1. The fourth-order valence-electron chi connectivity index (χ4n) is 1.94. The number of nitrogens with one attached hydrogen (secondary N) is 2. The molecule has 0 aliphatic rings. The molecule has 138 valence electrons. The fraction of sp³-hybridized carbons (Fsp3) is 0.125. The quantitative estimate of drug-likeness (QED) is 0.772. The maximum Gasteiger partial charge on any atom is 0.471 e. The minimum atomic E-state index is -5.05. The largest absolute Gasteiger partial charge is 0.471 e. The van der Waals surface area contributed by atoms with Crippen LogP contribution in [0.1, 0.15) is 17.3 Å². The van der Waals surface area contributed by atoms with Gasteiger partial charge in [-0.15, -0.1) is 0 Å². The van der Waals surface area contributed by atoms with Gasteiger partial charge in [0.15, 0.2) is 5.78 Å². The molecule has 0 saturated heterocycles. The zero-order chi connectivity index (χ0) is 19.5. The molecular formula is C16H13F3N2O4S. The second-order valence-corrected chi connectivity index (χ2v) is 6.90. The van der Waals surface area contributed by atoms with Gasteiger partial charge in [0.05, 0.1) is 4.90 Å². The molecule has 0 radical (unpaired) electrons. The van der Waals surface area contributed by atoms with Crippen molar-refractivity contribution in [1.29, 1.82) is 0 Å². The lowest BCUT2D eigenvalue weighted by Crippen LogP contribution is -2.29. The molecule has 2 aromatic carbocycles. The minimum absolute atomic E-state index is 0.159. The van der Waals surface area contributed by atoms with Gasteiger partial charge >= 0.3 is 12.1 Å². The molecular weight excluding hydrogens is 373 g/mol. The molecule has 2 N–H and O–H groups in total. The van der Waals surface area contributed by atoms with Gasteiger partial charge in [0.2, 0.25) is 0 Å². The van der Waals surface area contributed by atoms with Crippen LogP contribution in [0.2, 0.25) is 0 Å². The molecule has 0 heterocycles. The summed E-state index contributed by atoms with van der Waals surface area (Å²) in [5.74, 6) is -2.40. The van der Waals surface area contributed by atoms with E-state index in [1.165, 1.54) is 31.2 Å². The summed E-state index contributed by atoms with van der Waals surface area (Å²) in [6.45, 7) is 1.33. The molecule has 0 unspecified atom stereocenters. The third kappa shape index (κ3) is 4.82. The van der Waals surface area contributed by atoms with E-state index in [1.54, 1.807) is 5.32 Å². The average Bonchev–Trinajstić information content (AvgIpc) is 2.54. The highest BCUT2D eigenvalue weighted by Gasteiger charge is 2.38. The monoisotopic (exact) mass is 386 g/mol. The normalized spacial score (nSPS) is 11.7. The van der Waals surface area contributed by atoms with Crippen molar-refractivity contribution in [3.63, 3.8) is 0 Å². The lowest BCUT2D eigenvalue weighted by molar-refractivity contribution is -0.167. The zero-order valence-corrected chi connectivity index (χ0v) is 14.1. The molecule has 10 heteroatoms. The summed E-state index contributed by atoms with van der Waals surface area (Å²) in [7, 11) is -4.03. The summed E-state index contributed by atoms with van der Waals surface area (Å²) in [4.78, 5) is 22.0. The van der Waals surface area contributed by atoms with Gasteiger partial charge in [-0.3, -0.25) is 14.3 Å². The molecule has 0 atom stereocenters. The van der Waals surface area contributed by atoms with Crippen molar-refractivity contribution in [2.45, 2.75) is 18.0 Å². The minimum Gasteiger partial charge on any atom is -0.318 e. The number of amides is 1. The third-order valence-electron chi connectivity index (χ3n) is 3.20. The molecule has 6 nitrogen and oxygen atoms in total. The van der Waals surface area contributed by atoms with Crippen molar-refractivity contribution < 1.29 is 31.2 Å². The molecule has 0 aromatic heterocycles. The van der Waals surface area contributed by atoms with Crippen molar-refractivity contribution >= 4 is 33.1 Å². The Kier molecular flexibility index (Phi) is 5.36. The molecule has 2 rings (SSSR count). The number of halogens is 3. The summed E-state index contributed by atoms with van der Waals surface area (Å²) < 4.78 is 63.5. The predicted octanol–water partition coefficient (Wildman–Crippen LogP) is 3.19. The van der Waals surface area contributed by atoms with E-state index < -0.39 is 22.1 Å². The number of anilines is 2. The molecule has 0 aliphatic carbocycles. The Morgan fingerprint density at radius 1 is 0.962 bits per heavy atom. The highest BCUT2D eigenvalue weighted by molar-refractivity contribution is 7.92. The van der Waals surface area contributed by atoms with Gasteiger partial charge in [0.25, 0.3) is 10.0 Å². The maximum absolute atomic E-state index is 12.3. The van der Waals surface area contributed by atoms with Crippen LogP contribution in [0, 0.1) is 0 Å². The van der Waals surface area contributed by atoms with Crippen LogP contribution in [0.4, 0.5) is 24.5 Å². The molecule has 26 heavy (non-hydrogen) atoms. The number of alkyl halides is 3. The van der Waals surface area contributed by atoms with Crippen LogP contribution in [0.3, 0.4) is 0 Å². The van der Waals surface area contributed by atoms with Gasteiger partial charge in [0.1, 0.15) is 0 Å². The van der Waals surface area contributed by atoms with E-state index in [9.17, 15) is 31.2 Å². The van der Waals surface area contributed by atoms with Crippen molar-refractivity contribution in [2.24, 2.45) is 0 Å². The van der Waals surface area contributed by atoms with E-state index in [2.05, 4.69) is 4.72 Å². The van der Waals surface area contributed by atoms with Crippen LogP contribution >= 0.6 is 0 Å². The number of benzene rings is 2. The average molecular weight is 386 g/mol. The number of hydrogen-bond acceptors (Lipinski definition) is 4. The van der Waals surface area contributed by atoms with Crippen LogP contribution in [-0.2, 0) is 14.8 Å². The van der Waals surface area contributed by atoms with Crippen LogP contribution < -0.4 is 10.0 Å². The second kappa shape index (κ2) is 7.16. The topological polar surface area (TPSA) is 92.3 Å². The summed E-state index contributed by atoms with van der Waals surface area (Å²) >= 11 is 0. The van der Waals surface area contributed by atoms with Crippen molar-refractivity contribution in [3.05, 3.63) is 54.1 Å². The first kappa shape index (κ1) is 19.4. The number of carbonyl (C=O) groups excluding carboxylic acids is 2. The Balaban J connectivity index is 2.18. The standard InChI is InChI=1S/C16H13F3N2O4S/c1-10(22)11-3-2-4-13(9-11)21-26(24,25)14-7-5-12(6-8-14)20-15(23)16(17,18)19/h2-9,21H,1H3,(H,20,23). The van der Waals surface area contributed by atoms with E-state index in [-0.39, 0.29) is 22.1 Å². The summed E-state index contributed by atoms with van der Waals surface area (Å²) in [6, 6.07) is 9.99. The molecule has 2 aromatic rings. The van der Waals surface area contributed by atoms with Gasteiger partial charge in [-0.1, -0.05) is 12.1 Å². The smallest absolute Gasteiger partial charge is 0.318 e. The number of carbonyl (C=O) groups is 2. The van der Waals surface area contributed by atoms with Crippen molar-refractivity contribution in [2.75, 3.05) is 10.0 Å². The van der Waals surface area contributed by atoms with E-state index in [0.717, 1.165) is 24.3 Å². The first-order valence-corrected chi connectivity index (χ1v) is 8.59. The summed E-state index contributed by atoms with van der Waals surface area (Å²) in [6.07, 6.45) is -5.05. The lowest BCUT2D eigenvalue weighted by Gasteiger charge is -2.11.